The SMILES string of the molecule is CCCCCCCCCCCCCCCCc1cc(I)c(CCCCCCCCCCCCN(CCCCCCCCCCCCCCCC)c2ccc(/C=C/C3=C(C#N)C(=C(C#N)C#N)OC3(CCCCCC)CCCCCC)cc2)cc1I. The Labute approximate surface area is 552 Å². The first-order valence-electron chi connectivity index (χ1n) is 36.2. The molecule has 3 rings (SSSR count). The molecule has 7 heteroatoms. The molecule has 85 heavy (non-hydrogen) atoms. The summed E-state index contributed by atoms with van der Waals surface area (Å²) in [6, 6.07) is 20.5. The molecule has 0 unspecified atom stereocenters. The Kier molecular flexibility index (Phi) is 46.8. The van der Waals surface area contributed by atoms with E-state index in [-0.39, 0.29) is 11.3 Å². The molecule has 0 radical (unpaired) electrons. The zero-order chi connectivity index (χ0) is 61.1. The molecule has 0 aromatic heterocycles. The Morgan fingerprint density at radius 3 is 1.07 bits per heavy atom. The highest BCUT2D eigenvalue weighted by Crippen LogP contribution is 2.47. The van der Waals surface area contributed by atoms with E-state index in [2.05, 4.69) is 132 Å². The number of aryl methyl sites for hydroxylation is 2. The summed E-state index contributed by atoms with van der Waals surface area (Å²) in [6.07, 6.45) is 69.3. The Morgan fingerprint density at radius 1 is 0.424 bits per heavy atom. The van der Waals surface area contributed by atoms with E-state index in [0.717, 1.165) is 88.4 Å². The zero-order valence-corrected chi connectivity index (χ0v) is 59.7. The van der Waals surface area contributed by atoms with E-state index >= 15 is 0 Å². The molecule has 1 aliphatic heterocycles. The highest BCUT2D eigenvalue weighted by atomic mass is 127. The van der Waals surface area contributed by atoms with Crippen LogP contribution in [0.5, 0.6) is 0 Å². The number of allylic oxidation sites excluding steroid dienone is 2. The van der Waals surface area contributed by atoms with Crippen LogP contribution in [0.15, 0.2) is 65.0 Å². The van der Waals surface area contributed by atoms with Crippen LogP contribution < -0.4 is 4.90 Å². The quantitative estimate of drug-likeness (QED) is 0.0374. The number of ether oxygens (including phenoxy) is 1. The molecule has 0 N–H and O–H groups in total. The van der Waals surface area contributed by atoms with Crippen molar-refractivity contribution in [1.29, 1.82) is 15.8 Å². The number of benzene rings is 2. The molecule has 0 saturated carbocycles. The smallest absolute Gasteiger partial charge is 0.172 e. The number of nitriles is 3. The third kappa shape index (κ3) is 34.1. The fraction of sp³-hybridized carbons (Fsp3) is 0.731. The predicted molar refractivity (Wildman–Crippen MR) is 386 cm³/mol. The molecule has 5 nitrogen and oxygen atoms in total. The van der Waals surface area contributed by atoms with E-state index in [0.29, 0.717) is 5.57 Å². The van der Waals surface area contributed by atoms with Gasteiger partial charge in [0.25, 0.3) is 0 Å². The molecule has 476 valence electrons. The molecule has 0 amide bonds. The summed E-state index contributed by atoms with van der Waals surface area (Å²) in [6.45, 7) is 11.2. The molecule has 0 atom stereocenters. The van der Waals surface area contributed by atoms with Crippen molar-refractivity contribution < 1.29 is 4.74 Å². The lowest BCUT2D eigenvalue weighted by Gasteiger charge is -2.31. The molecular formula is C78H124I2N4O. The van der Waals surface area contributed by atoms with Gasteiger partial charge in [0.2, 0.25) is 0 Å². The summed E-state index contributed by atoms with van der Waals surface area (Å²) in [4.78, 5) is 2.65. The lowest BCUT2D eigenvalue weighted by molar-refractivity contribution is 0.0386. The summed E-state index contributed by atoms with van der Waals surface area (Å²) in [5.74, 6) is 0.167. The number of halogens is 2. The van der Waals surface area contributed by atoms with Gasteiger partial charge in [-0.2, -0.15) is 15.8 Å². The highest BCUT2D eigenvalue weighted by Gasteiger charge is 2.45. The van der Waals surface area contributed by atoms with Gasteiger partial charge in [0, 0.05) is 31.5 Å². The second kappa shape index (κ2) is 52.0. The van der Waals surface area contributed by atoms with Crippen molar-refractivity contribution >= 4 is 56.9 Å². The number of hydrogen-bond donors (Lipinski definition) is 0. The van der Waals surface area contributed by atoms with Gasteiger partial charge in [0.05, 0.1) is 0 Å². The van der Waals surface area contributed by atoms with Crippen LogP contribution in [0, 0.1) is 41.1 Å². The summed E-state index contributed by atoms with van der Waals surface area (Å²) in [5.41, 5.74) is 5.83. The molecule has 0 bridgehead atoms. The summed E-state index contributed by atoms with van der Waals surface area (Å²) >= 11 is 5.22. The Balaban J connectivity index is 1.47. The van der Waals surface area contributed by atoms with Gasteiger partial charge in [-0.25, -0.2) is 0 Å². The van der Waals surface area contributed by atoms with Crippen molar-refractivity contribution in [2.24, 2.45) is 0 Å². The van der Waals surface area contributed by atoms with Gasteiger partial charge < -0.3 is 9.64 Å². The van der Waals surface area contributed by atoms with Crippen molar-refractivity contribution in [3.63, 3.8) is 0 Å². The number of rotatable bonds is 56. The second-order valence-corrected chi connectivity index (χ2v) is 28.0. The Hall–Kier alpha value is -2.81. The normalized spacial score (nSPS) is 13.0. The van der Waals surface area contributed by atoms with Crippen LogP contribution in [-0.4, -0.2) is 18.7 Å². The van der Waals surface area contributed by atoms with E-state index in [1.807, 2.05) is 12.1 Å². The van der Waals surface area contributed by atoms with E-state index in [1.54, 1.807) is 11.1 Å². The van der Waals surface area contributed by atoms with Gasteiger partial charge in [-0.1, -0.05) is 309 Å². The predicted octanol–water partition coefficient (Wildman–Crippen LogP) is 26.2. The molecule has 1 aliphatic rings. The lowest BCUT2D eigenvalue weighted by atomic mass is 9.82. The average molecular weight is 1390 g/mol. The first-order valence-corrected chi connectivity index (χ1v) is 38.3. The first kappa shape index (κ1) is 76.4. The minimum atomic E-state index is -0.723. The van der Waals surface area contributed by atoms with Gasteiger partial charge in [0.1, 0.15) is 29.4 Å². The fourth-order valence-electron chi connectivity index (χ4n) is 12.9. The van der Waals surface area contributed by atoms with E-state index in [1.165, 1.54) is 270 Å². The average Bonchev–Trinajstić information content (AvgIpc) is 2.01. The highest BCUT2D eigenvalue weighted by molar-refractivity contribution is 14.1. The fourth-order valence-corrected chi connectivity index (χ4v) is 14.5. The van der Waals surface area contributed by atoms with Crippen molar-refractivity contribution in [3.05, 3.63) is 88.8 Å². The summed E-state index contributed by atoms with van der Waals surface area (Å²) in [7, 11) is 0. The van der Waals surface area contributed by atoms with Crippen molar-refractivity contribution in [2.45, 2.75) is 354 Å². The van der Waals surface area contributed by atoms with Crippen molar-refractivity contribution in [2.75, 3.05) is 18.0 Å². The molecule has 2 aromatic rings. The van der Waals surface area contributed by atoms with Crippen LogP contribution in [0.4, 0.5) is 5.69 Å². The van der Waals surface area contributed by atoms with Crippen molar-refractivity contribution in [3.8, 4) is 18.2 Å². The molecular weight excluding hydrogens is 1260 g/mol. The van der Waals surface area contributed by atoms with Gasteiger partial charge >= 0.3 is 0 Å². The lowest BCUT2D eigenvalue weighted by Crippen LogP contribution is -2.31. The maximum atomic E-state index is 10.6. The van der Waals surface area contributed by atoms with E-state index in [4.69, 9.17) is 4.74 Å². The monoisotopic (exact) mass is 1390 g/mol. The van der Waals surface area contributed by atoms with Crippen molar-refractivity contribution in [1.82, 2.24) is 0 Å². The standard InChI is InChI=1S/C78H124I2N4O/c1-5-9-13-17-19-21-23-25-27-29-33-37-41-45-51-69-63-76(80)70(64-75(69)79)52-46-42-38-34-30-32-36-40-44-50-62-84(61-49-43-39-35-31-28-26-24-22-20-18-14-10-6-2)72-56-53-68(54-57-72)55-58-74-73(67-83)77(71(65-81)66-82)85-78(74,59-47-15-11-7-3)60-48-16-12-8-4/h53-58,63-64H,5-52,59-62H2,1-4H3/b58-55+. The second-order valence-electron chi connectivity index (χ2n) is 25.7. The van der Waals surface area contributed by atoms with Gasteiger partial charge in [-0.05, 0) is 150 Å². The first-order chi connectivity index (χ1) is 41.8. The van der Waals surface area contributed by atoms with Crippen LogP contribution in [0.1, 0.15) is 353 Å². The van der Waals surface area contributed by atoms with Gasteiger partial charge in [-0.15, -0.1) is 0 Å². The topological polar surface area (TPSA) is 83.8 Å². The van der Waals surface area contributed by atoms with Crippen LogP contribution >= 0.6 is 45.2 Å². The minimum absolute atomic E-state index is 0.113. The summed E-state index contributed by atoms with van der Waals surface area (Å²) < 4.78 is 9.69. The maximum absolute atomic E-state index is 10.6. The third-order valence-electron chi connectivity index (χ3n) is 18.3. The van der Waals surface area contributed by atoms with E-state index < -0.39 is 5.60 Å². The molecule has 1 heterocycles. The minimum Gasteiger partial charge on any atom is -0.479 e. The van der Waals surface area contributed by atoms with Crippen LogP contribution in [0.3, 0.4) is 0 Å². The Bertz CT molecular complexity index is 2190. The third-order valence-corrected chi connectivity index (χ3v) is 20.3. The Morgan fingerprint density at radius 2 is 0.741 bits per heavy atom. The molecule has 0 aliphatic carbocycles. The number of hydrogen-bond acceptors (Lipinski definition) is 5. The summed E-state index contributed by atoms with van der Waals surface area (Å²) in [5, 5.41) is 30.5. The van der Waals surface area contributed by atoms with Gasteiger partial charge in [0.15, 0.2) is 11.3 Å². The van der Waals surface area contributed by atoms with Crippen LogP contribution in [-0.2, 0) is 17.6 Å². The van der Waals surface area contributed by atoms with E-state index in [9.17, 15) is 15.8 Å². The van der Waals surface area contributed by atoms with Gasteiger partial charge in [-0.3, -0.25) is 0 Å². The zero-order valence-electron chi connectivity index (χ0n) is 55.3. The molecule has 0 saturated heterocycles. The number of unbranched alkanes of at least 4 members (excludes halogenated alkanes) is 41. The molecule has 0 spiro atoms. The number of nitrogens with zero attached hydrogens (tertiary/aromatic N) is 4. The maximum Gasteiger partial charge on any atom is 0.172 e. The van der Waals surface area contributed by atoms with Crippen LogP contribution in [0.25, 0.3) is 6.08 Å². The number of anilines is 1. The largest absolute Gasteiger partial charge is 0.479 e. The van der Waals surface area contributed by atoms with Crippen LogP contribution in [0.2, 0.25) is 0 Å². The molecule has 2 aromatic carbocycles. The molecule has 0 fully saturated rings.